The lowest BCUT2D eigenvalue weighted by atomic mass is 9.80. The van der Waals surface area contributed by atoms with Crippen molar-refractivity contribution in [1.29, 1.82) is 0 Å². The van der Waals surface area contributed by atoms with E-state index in [9.17, 15) is 9.59 Å². The fourth-order valence-electron chi connectivity index (χ4n) is 4.52. The third kappa shape index (κ3) is 4.75. The number of fused-ring (bicyclic) bond motifs is 1. The van der Waals surface area contributed by atoms with Crippen molar-refractivity contribution in [2.75, 3.05) is 31.1 Å². The van der Waals surface area contributed by atoms with Gasteiger partial charge in [-0.1, -0.05) is 18.2 Å². The normalized spacial score (nSPS) is 19.2. The fraction of sp³-hybridized carbons (Fsp3) is 0.462. The molecule has 1 N–H and O–H groups in total. The number of piperazine rings is 1. The van der Waals surface area contributed by atoms with Gasteiger partial charge >= 0.3 is 7.12 Å². The summed E-state index contributed by atoms with van der Waals surface area (Å²) in [5.74, 6) is 1.48. The number of hydrogen-bond donors (Lipinski definition) is 1. The minimum absolute atomic E-state index is 0.0644. The van der Waals surface area contributed by atoms with Gasteiger partial charge in [-0.2, -0.15) is 0 Å². The highest BCUT2D eigenvalue weighted by Crippen LogP contribution is 2.36. The molecule has 0 atom stereocenters. The summed E-state index contributed by atoms with van der Waals surface area (Å²) in [5, 5.41) is 0.557. The van der Waals surface area contributed by atoms with Crippen molar-refractivity contribution in [2.24, 2.45) is 0 Å². The molecule has 9 nitrogen and oxygen atoms in total. The van der Waals surface area contributed by atoms with E-state index in [-0.39, 0.29) is 11.5 Å². The van der Waals surface area contributed by atoms with Crippen LogP contribution in [0.3, 0.4) is 0 Å². The molecule has 4 heterocycles. The Bertz CT molecular complexity index is 1300. The van der Waals surface area contributed by atoms with Crippen molar-refractivity contribution in [3.63, 3.8) is 0 Å². The number of benzene rings is 1. The lowest BCUT2D eigenvalue weighted by Gasteiger charge is -2.35. The molecule has 1 amide bonds. The Morgan fingerprint density at radius 2 is 1.72 bits per heavy atom. The number of hydrogen-bond acceptors (Lipinski definition) is 7. The van der Waals surface area contributed by atoms with Crippen molar-refractivity contribution < 1.29 is 14.1 Å². The Morgan fingerprint density at radius 3 is 2.39 bits per heavy atom. The third-order valence-corrected chi connectivity index (χ3v) is 7.49. The number of pyridine rings is 1. The SMILES string of the molecule is CC1(C)OB(c2ccc(N3CCN(C(=O)CCc4nc5ccccc5c(=O)[nH]4)CC3)nc2)OC1(C)C. The van der Waals surface area contributed by atoms with Crippen LogP contribution in [-0.2, 0) is 20.5 Å². The average Bonchev–Trinajstić information content (AvgIpc) is 3.09. The highest BCUT2D eigenvalue weighted by molar-refractivity contribution is 6.62. The van der Waals surface area contributed by atoms with E-state index in [0.717, 1.165) is 11.3 Å². The summed E-state index contributed by atoms with van der Waals surface area (Å²) in [6, 6.07) is 11.2. The second-order valence-corrected chi connectivity index (χ2v) is 10.4. The van der Waals surface area contributed by atoms with Crippen molar-refractivity contribution in [1.82, 2.24) is 19.9 Å². The first kappa shape index (κ1) is 24.5. The van der Waals surface area contributed by atoms with Crippen LogP contribution in [0.4, 0.5) is 5.82 Å². The smallest absolute Gasteiger partial charge is 0.399 e. The number of H-pyrrole nitrogens is 1. The number of nitrogens with one attached hydrogen (secondary N) is 1. The van der Waals surface area contributed by atoms with Gasteiger partial charge in [0.15, 0.2) is 0 Å². The Kier molecular flexibility index (Phi) is 6.34. The number of anilines is 1. The van der Waals surface area contributed by atoms with Gasteiger partial charge in [0.05, 0.1) is 22.1 Å². The average molecular weight is 489 g/mol. The first-order valence-electron chi connectivity index (χ1n) is 12.5. The van der Waals surface area contributed by atoms with Crippen LogP contribution in [-0.4, -0.2) is 70.3 Å². The molecule has 188 valence electrons. The van der Waals surface area contributed by atoms with E-state index in [1.54, 1.807) is 6.07 Å². The largest absolute Gasteiger partial charge is 0.496 e. The second kappa shape index (κ2) is 9.33. The minimum Gasteiger partial charge on any atom is -0.399 e. The molecule has 2 fully saturated rings. The Hall–Kier alpha value is -3.24. The van der Waals surface area contributed by atoms with Gasteiger partial charge in [-0.15, -0.1) is 0 Å². The topological polar surface area (TPSA) is 101 Å². The number of amides is 1. The molecular formula is C26H32BN5O4. The molecule has 5 rings (SSSR count). The highest BCUT2D eigenvalue weighted by Gasteiger charge is 2.51. The molecule has 2 aliphatic heterocycles. The molecule has 0 aliphatic carbocycles. The van der Waals surface area contributed by atoms with Crippen LogP contribution in [0.25, 0.3) is 10.9 Å². The predicted octanol–water partition coefficient (Wildman–Crippen LogP) is 1.90. The number of aryl methyl sites for hydroxylation is 1. The van der Waals surface area contributed by atoms with Crippen molar-refractivity contribution >= 4 is 35.2 Å². The van der Waals surface area contributed by atoms with Crippen LogP contribution < -0.4 is 15.9 Å². The van der Waals surface area contributed by atoms with Gasteiger partial charge in [0.1, 0.15) is 11.6 Å². The molecule has 0 spiro atoms. The van der Waals surface area contributed by atoms with Crippen molar-refractivity contribution in [2.45, 2.75) is 51.7 Å². The van der Waals surface area contributed by atoms with Crippen molar-refractivity contribution in [3.8, 4) is 0 Å². The van der Waals surface area contributed by atoms with E-state index < -0.39 is 18.3 Å². The van der Waals surface area contributed by atoms with E-state index in [1.165, 1.54) is 0 Å². The zero-order chi connectivity index (χ0) is 25.5. The van der Waals surface area contributed by atoms with Crippen LogP contribution in [0.2, 0.25) is 0 Å². The number of aromatic nitrogens is 3. The lowest BCUT2D eigenvalue weighted by molar-refractivity contribution is -0.131. The second-order valence-electron chi connectivity index (χ2n) is 10.4. The molecule has 0 saturated carbocycles. The van der Waals surface area contributed by atoms with Crippen LogP contribution >= 0.6 is 0 Å². The summed E-state index contributed by atoms with van der Waals surface area (Å²) >= 11 is 0. The molecule has 2 aromatic heterocycles. The molecular weight excluding hydrogens is 457 g/mol. The summed E-state index contributed by atoms with van der Waals surface area (Å²) in [5.41, 5.74) is 0.590. The summed E-state index contributed by atoms with van der Waals surface area (Å²) in [7, 11) is -0.432. The number of para-hydroxylation sites is 1. The van der Waals surface area contributed by atoms with Crippen molar-refractivity contribution in [3.05, 3.63) is 58.8 Å². The van der Waals surface area contributed by atoms with E-state index in [2.05, 4.69) is 19.9 Å². The number of nitrogens with zero attached hydrogens (tertiary/aromatic N) is 4. The summed E-state index contributed by atoms with van der Waals surface area (Å²) in [6.07, 6.45) is 2.52. The van der Waals surface area contributed by atoms with Gasteiger partial charge in [-0.05, 0) is 45.9 Å². The maximum absolute atomic E-state index is 12.8. The maximum Gasteiger partial charge on any atom is 0.496 e. The maximum atomic E-state index is 12.8. The number of carbonyl (C=O) groups is 1. The van der Waals surface area contributed by atoms with Gasteiger partial charge in [-0.25, -0.2) is 9.97 Å². The molecule has 1 aromatic carbocycles. The van der Waals surface area contributed by atoms with Crippen LogP contribution in [0.1, 0.15) is 39.9 Å². The molecule has 0 radical (unpaired) electrons. The van der Waals surface area contributed by atoms with E-state index in [4.69, 9.17) is 9.31 Å². The minimum atomic E-state index is -0.432. The molecule has 0 unspecified atom stereocenters. The molecule has 36 heavy (non-hydrogen) atoms. The van der Waals surface area contributed by atoms with Gasteiger partial charge in [0, 0.05) is 50.7 Å². The molecule has 2 aliphatic rings. The quantitative estimate of drug-likeness (QED) is 0.547. The van der Waals surface area contributed by atoms with Crippen LogP contribution in [0.5, 0.6) is 0 Å². The highest BCUT2D eigenvalue weighted by atomic mass is 16.7. The third-order valence-electron chi connectivity index (χ3n) is 7.49. The van der Waals surface area contributed by atoms with Crippen LogP contribution in [0, 0.1) is 0 Å². The van der Waals surface area contributed by atoms with Gasteiger partial charge in [0.25, 0.3) is 5.56 Å². The Morgan fingerprint density at radius 1 is 1.03 bits per heavy atom. The summed E-state index contributed by atoms with van der Waals surface area (Å²) < 4.78 is 12.2. The summed E-state index contributed by atoms with van der Waals surface area (Å²) in [6.45, 7) is 10.8. The van der Waals surface area contributed by atoms with Gasteiger partial charge in [-0.3, -0.25) is 9.59 Å². The van der Waals surface area contributed by atoms with E-state index in [0.29, 0.717) is 55.7 Å². The summed E-state index contributed by atoms with van der Waals surface area (Å²) in [4.78, 5) is 41.0. The Labute approximate surface area is 211 Å². The first-order valence-corrected chi connectivity index (χ1v) is 12.5. The predicted molar refractivity (Wildman–Crippen MR) is 139 cm³/mol. The zero-order valence-corrected chi connectivity index (χ0v) is 21.3. The number of rotatable bonds is 5. The van der Waals surface area contributed by atoms with Gasteiger partial charge in [0.2, 0.25) is 5.91 Å². The monoisotopic (exact) mass is 489 g/mol. The molecule has 2 saturated heterocycles. The molecule has 3 aromatic rings. The standard InChI is InChI=1S/C26H32BN5O4/c1-25(2)26(3,4)36-27(35-25)18-9-11-22(28-17-18)31-13-15-32(16-14-31)23(33)12-10-21-29-20-8-6-5-7-19(20)24(34)30-21/h5-9,11,17H,10,12-16H2,1-4H3,(H,29,30,34). The molecule has 0 bridgehead atoms. The Balaban J connectivity index is 1.14. The van der Waals surface area contributed by atoms with Crippen LogP contribution in [0.15, 0.2) is 47.4 Å². The number of aromatic amines is 1. The fourth-order valence-corrected chi connectivity index (χ4v) is 4.52. The first-order chi connectivity index (χ1) is 17.1. The van der Waals surface area contributed by atoms with Gasteiger partial charge < -0.3 is 24.1 Å². The number of carbonyl (C=O) groups excluding carboxylic acids is 1. The van der Waals surface area contributed by atoms with E-state index >= 15 is 0 Å². The lowest BCUT2D eigenvalue weighted by Crippen LogP contribution is -2.49. The van der Waals surface area contributed by atoms with E-state index in [1.807, 2.05) is 69.1 Å². The zero-order valence-electron chi connectivity index (χ0n) is 21.3. The molecule has 10 heteroatoms.